The van der Waals surface area contributed by atoms with Crippen LogP contribution in [0.3, 0.4) is 0 Å². The van der Waals surface area contributed by atoms with Crippen LogP contribution in [0.2, 0.25) is 0 Å². The van der Waals surface area contributed by atoms with Gasteiger partial charge in [-0.1, -0.05) is 26.2 Å². The average Bonchev–Trinajstić information content (AvgIpc) is 2.92. The van der Waals surface area contributed by atoms with Gasteiger partial charge in [0.05, 0.1) is 0 Å². The number of hydrogen-bond donors (Lipinski definition) is 1. The molecule has 0 bridgehead atoms. The summed E-state index contributed by atoms with van der Waals surface area (Å²) in [4.78, 5) is 7.59. The molecule has 2 fully saturated rings. The number of hydrogen-bond acceptors (Lipinski definition) is 3. The molecule has 3 nitrogen and oxygen atoms in total. The third kappa shape index (κ3) is 3.23. The second-order valence-corrected chi connectivity index (χ2v) is 6.70. The van der Waals surface area contributed by atoms with Gasteiger partial charge in [-0.25, -0.2) is 4.98 Å². The molecule has 2 heterocycles. The molecule has 1 saturated carbocycles. The molecule has 2 aliphatic rings. The summed E-state index contributed by atoms with van der Waals surface area (Å²) < 4.78 is 0. The Morgan fingerprint density at radius 3 is 2.90 bits per heavy atom. The Balaban J connectivity index is 1.85. The topological polar surface area (TPSA) is 28.2 Å². The number of aromatic nitrogens is 1. The standard InChI is InChI=1S/C18H29N3/c1-3-6-16-11-14(13-19-2)12-18(20-16)21-10-9-15-7-4-5-8-17(15)21/h11-12,15,17,19H,3-10,13H2,1-2H3. The minimum Gasteiger partial charge on any atom is -0.353 e. The van der Waals surface area contributed by atoms with Gasteiger partial charge >= 0.3 is 0 Å². The van der Waals surface area contributed by atoms with Crippen molar-refractivity contribution < 1.29 is 0 Å². The summed E-state index contributed by atoms with van der Waals surface area (Å²) in [5, 5.41) is 3.28. The van der Waals surface area contributed by atoms with Crippen LogP contribution in [0.4, 0.5) is 5.82 Å². The first kappa shape index (κ1) is 14.8. The highest BCUT2D eigenvalue weighted by atomic mass is 15.2. The first-order chi connectivity index (χ1) is 10.3. The van der Waals surface area contributed by atoms with Crippen molar-refractivity contribution in [3.05, 3.63) is 23.4 Å². The molecule has 116 valence electrons. The Labute approximate surface area is 129 Å². The van der Waals surface area contributed by atoms with Crippen LogP contribution in [0.1, 0.15) is 56.7 Å². The molecular weight excluding hydrogens is 258 g/mol. The highest BCUT2D eigenvalue weighted by Gasteiger charge is 2.36. The monoisotopic (exact) mass is 287 g/mol. The number of aryl methyl sites for hydroxylation is 1. The van der Waals surface area contributed by atoms with Crippen LogP contribution >= 0.6 is 0 Å². The van der Waals surface area contributed by atoms with Gasteiger partial charge < -0.3 is 10.2 Å². The summed E-state index contributed by atoms with van der Waals surface area (Å²) in [6.07, 6.45) is 9.25. The maximum absolute atomic E-state index is 4.98. The highest BCUT2D eigenvalue weighted by Crippen LogP contribution is 2.38. The van der Waals surface area contributed by atoms with Gasteiger partial charge in [0, 0.05) is 24.8 Å². The van der Waals surface area contributed by atoms with E-state index < -0.39 is 0 Å². The smallest absolute Gasteiger partial charge is 0.129 e. The van der Waals surface area contributed by atoms with Gasteiger partial charge in [-0.15, -0.1) is 0 Å². The summed E-state index contributed by atoms with van der Waals surface area (Å²) in [5.74, 6) is 2.16. The fourth-order valence-electron chi connectivity index (χ4n) is 4.16. The largest absolute Gasteiger partial charge is 0.353 e. The lowest BCUT2D eigenvalue weighted by Crippen LogP contribution is -2.35. The number of fused-ring (bicyclic) bond motifs is 1. The molecular formula is C18H29N3. The maximum Gasteiger partial charge on any atom is 0.129 e. The second-order valence-electron chi connectivity index (χ2n) is 6.70. The van der Waals surface area contributed by atoms with Crippen LogP contribution in [0.5, 0.6) is 0 Å². The van der Waals surface area contributed by atoms with Crippen molar-refractivity contribution in [1.29, 1.82) is 0 Å². The fourth-order valence-corrected chi connectivity index (χ4v) is 4.16. The number of nitrogens with one attached hydrogen (secondary N) is 1. The van der Waals surface area contributed by atoms with Gasteiger partial charge in [-0.2, -0.15) is 0 Å². The van der Waals surface area contributed by atoms with E-state index in [0.29, 0.717) is 0 Å². The average molecular weight is 287 g/mol. The minimum absolute atomic E-state index is 0.755. The maximum atomic E-state index is 4.98. The van der Waals surface area contributed by atoms with Gasteiger partial charge in [0.2, 0.25) is 0 Å². The van der Waals surface area contributed by atoms with Crippen molar-refractivity contribution in [3.8, 4) is 0 Å². The summed E-state index contributed by atoms with van der Waals surface area (Å²) >= 11 is 0. The predicted molar refractivity (Wildman–Crippen MR) is 88.7 cm³/mol. The summed E-state index contributed by atoms with van der Waals surface area (Å²) in [6.45, 7) is 4.38. The molecule has 0 amide bonds. The molecule has 1 saturated heterocycles. The van der Waals surface area contributed by atoms with Gasteiger partial charge in [0.25, 0.3) is 0 Å². The lowest BCUT2D eigenvalue weighted by atomic mass is 9.85. The van der Waals surface area contributed by atoms with Crippen LogP contribution in [0.25, 0.3) is 0 Å². The molecule has 2 unspecified atom stereocenters. The number of nitrogens with zero attached hydrogens (tertiary/aromatic N) is 2. The van der Waals surface area contributed by atoms with Gasteiger partial charge in [-0.05, 0) is 56.3 Å². The number of anilines is 1. The van der Waals surface area contributed by atoms with E-state index in [2.05, 4.69) is 29.3 Å². The normalized spacial score (nSPS) is 25.1. The third-order valence-corrected chi connectivity index (χ3v) is 5.12. The Hall–Kier alpha value is -1.09. The molecule has 3 rings (SSSR count). The van der Waals surface area contributed by atoms with Crippen molar-refractivity contribution in [3.63, 3.8) is 0 Å². The molecule has 21 heavy (non-hydrogen) atoms. The van der Waals surface area contributed by atoms with Crippen LogP contribution in [-0.4, -0.2) is 24.6 Å². The van der Waals surface area contributed by atoms with Crippen LogP contribution in [0.15, 0.2) is 12.1 Å². The SMILES string of the molecule is CCCc1cc(CNC)cc(N2CCC3CCCCC32)n1. The quantitative estimate of drug-likeness (QED) is 0.898. The lowest BCUT2D eigenvalue weighted by molar-refractivity contribution is 0.341. The van der Waals surface area contributed by atoms with E-state index in [1.54, 1.807) is 0 Å². The van der Waals surface area contributed by atoms with Gasteiger partial charge in [0.15, 0.2) is 0 Å². The molecule has 1 aliphatic heterocycles. The Kier molecular flexibility index (Phi) is 4.79. The molecule has 0 aromatic carbocycles. The first-order valence-corrected chi connectivity index (χ1v) is 8.73. The third-order valence-electron chi connectivity index (χ3n) is 5.12. The van der Waals surface area contributed by atoms with Crippen LogP contribution in [-0.2, 0) is 13.0 Å². The Morgan fingerprint density at radius 2 is 2.10 bits per heavy atom. The molecule has 2 atom stereocenters. The van der Waals surface area contributed by atoms with E-state index in [1.807, 2.05) is 7.05 Å². The molecule has 1 aromatic rings. The lowest BCUT2D eigenvalue weighted by Gasteiger charge is -2.32. The molecule has 1 aromatic heterocycles. The van der Waals surface area contributed by atoms with E-state index >= 15 is 0 Å². The molecule has 3 heteroatoms. The van der Waals surface area contributed by atoms with Gasteiger partial charge in [0.1, 0.15) is 5.82 Å². The van der Waals surface area contributed by atoms with Crippen molar-refractivity contribution in [2.75, 3.05) is 18.5 Å². The predicted octanol–water partition coefficient (Wildman–Crippen LogP) is 3.52. The van der Waals surface area contributed by atoms with Crippen molar-refractivity contribution in [2.45, 2.75) is 64.5 Å². The van der Waals surface area contributed by atoms with E-state index in [4.69, 9.17) is 4.98 Å². The van der Waals surface area contributed by atoms with Crippen molar-refractivity contribution in [1.82, 2.24) is 10.3 Å². The molecule has 0 spiro atoms. The minimum atomic E-state index is 0.755. The zero-order valence-electron chi connectivity index (χ0n) is 13.6. The molecule has 0 radical (unpaired) electrons. The van der Waals surface area contributed by atoms with Crippen LogP contribution < -0.4 is 10.2 Å². The Morgan fingerprint density at radius 1 is 1.24 bits per heavy atom. The van der Waals surface area contributed by atoms with Crippen LogP contribution in [0, 0.1) is 5.92 Å². The van der Waals surface area contributed by atoms with E-state index in [-0.39, 0.29) is 0 Å². The number of rotatable bonds is 5. The van der Waals surface area contributed by atoms with E-state index in [9.17, 15) is 0 Å². The summed E-state index contributed by atoms with van der Waals surface area (Å²) in [7, 11) is 2.02. The van der Waals surface area contributed by atoms with Gasteiger partial charge in [-0.3, -0.25) is 0 Å². The van der Waals surface area contributed by atoms with E-state index in [1.165, 1.54) is 62.1 Å². The van der Waals surface area contributed by atoms with E-state index in [0.717, 1.165) is 24.9 Å². The molecule has 1 N–H and O–H groups in total. The van der Waals surface area contributed by atoms with Crippen molar-refractivity contribution >= 4 is 5.82 Å². The zero-order chi connectivity index (χ0) is 14.7. The summed E-state index contributed by atoms with van der Waals surface area (Å²) in [5.41, 5.74) is 2.64. The highest BCUT2D eigenvalue weighted by molar-refractivity contribution is 5.45. The molecule has 1 aliphatic carbocycles. The number of pyridine rings is 1. The fraction of sp³-hybridized carbons (Fsp3) is 0.722. The first-order valence-electron chi connectivity index (χ1n) is 8.73. The summed E-state index contributed by atoms with van der Waals surface area (Å²) in [6, 6.07) is 5.34. The Bertz CT molecular complexity index is 447. The zero-order valence-corrected chi connectivity index (χ0v) is 13.6. The second kappa shape index (κ2) is 6.78. The van der Waals surface area contributed by atoms with Crippen molar-refractivity contribution in [2.24, 2.45) is 5.92 Å².